The average Bonchev–Trinajstić information content (AvgIpc) is 2.55. The average molecular weight is 189 g/mol. The highest BCUT2D eigenvalue weighted by atomic mass is 16.1. The van der Waals surface area contributed by atoms with E-state index in [9.17, 15) is 4.79 Å². The lowest BCUT2D eigenvalue weighted by Crippen LogP contribution is -1.92. The molecule has 0 aliphatic heterocycles. The topological polar surface area (TPSA) is 47.8 Å². The van der Waals surface area contributed by atoms with Gasteiger partial charge in [0.1, 0.15) is 0 Å². The molecular weight excluding hydrogens is 178 g/mol. The van der Waals surface area contributed by atoms with Gasteiger partial charge in [-0.15, -0.1) is 0 Å². The normalized spacial score (nSPS) is 10.7. The van der Waals surface area contributed by atoms with Gasteiger partial charge in [0, 0.05) is 24.2 Å². The lowest BCUT2D eigenvalue weighted by Gasteiger charge is -1.93. The maximum Gasteiger partial charge on any atom is 0.157 e. The van der Waals surface area contributed by atoms with Gasteiger partial charge < -0.3 is 0 Å². The zero-order valence-electron chi connectivity index (χ0n) is 8.19. The summed E-state index contributed by atoms with van der Waals surface area (Å²) in [7, 11) is 1.86. The Morgan fingerprint density at radius 3 is 3.00 bits per heavy atom. The highest BCUT2D eigenvalue weighted by Crippen LogP contribution is 2.16. The van der Waals surface area contributed by atoms with Gasteiger partial charge in [0.2, 0.25) is 0 Å². The second kappa shape index (κ2) is 3.21. The Morgan fingerprint density at radius 2 is 2.36 bits per heavy atom. The van der Waals surface area contributed by atoms with E-state index in [-0.39, 0.29) is 0 Å². The van der Waals surface area contributed by atoms with Crippen LogP contribution in [0.2, 0.25) is 0 Å². The fourth-order valence-corrected chi connectivity index (χ4v) is 1.55. The van der Waals surface area contributed by atoms with Crippen LogP contribution >= 0.6 is 0 Å². The van der Waals surface area contributed by atoms with Crippen LogP contribution in [-0.2, 0) is 13.5 Å². The third-order valence-electron chi connectivity index (χ3n) is 2.25. The van der Waals surface area contributed by atoms with Crippen molar-refractivity contribution in [2.24, 2.45) is 7.05 Å². The largest absolute Gasteiger partial charge is 0.298 e. The number of nitrogens with zero attached hydrogens (tertiary/aromatic N) is 3. The minimum absolute atomic E-state index is 0.597. The Labute approximate surface area is 81.6 Å². The predicted molar refractivity (Wildman–Crippen MR) is 53.3 cm³/mol. The van der Waals surface area contributed by atoms with Crippen molar-refractivity contribution in [1.29, 1.82) is 0 Å². The van der Waals surface area contributed by atoms with Crippen molar-refractivity contribution in [3.8, 4) is 0 Å². The summed E-state index contributed by atoms with van der Waals surface area (Å²) in [5.74, 6) is 0. The van der Waals surface area contributed by atoms with Crippen LogP contribution in [0.3, 0.4) is 0 Å². The van der Waals surface area contributed by atoms with E-state index in [1.54, 1.807) is 10.9 Å². The van der Waals surface area contributed by atoms with E-state index in [1.807, 2.05) is 20.0 Å². The summed E-state index contributed by atoms with van der Waals surface area (Å²) in [6, 6.07) is 1.83. The summed E-state index contributed by atoms with van der Waals surface area (Å²) >= 11 is 0. The van der Waals surface area contributed by atoms with Crippen LogP contribution in [-0.4, -0.2) is 21.1 Å². The van der Waals surface area contributed by atoms with Gasteiger partial charge in [-0.25, -0.2) is 4.98 Å². The van der Waals surface area contributed by atoms with Crippen LogP contribution in [0.25, 0.3) is 11.0 Å². The van der Waals surface area contributed by atoms with E-state index in [0.29, 0.717) is 5.56 Å². The van der Waals surface area contributed by atoms with E-state index in [1.165, 1.54) is 0 Å². The van der Waals surface area contributed by atoms with Gasteiger partial charge in [-0.05, 0) is 12.5 Å². The molecule has 0 aromatic carbocycles. The summed E-state index contributed by atoms with van der Waals surface area (Å²) in [6.45, 7) is 2.04. The Bertz CT molecular complexity index is 487. The molecule has 2 heterocycles. The highest BCUT2D eigenvalue weighted by molar-refractivity contribution is 5.85. The Kier molecular flexibility index (Phi) is 2.04. The maximum atomic E-state index is 10.6. The number of rotatable bonds is 2. The fraction of sp³-hybridized carbons (Fsp3) is 0.300. The number of hydrogen-bond acceptors (Lipinski definition) is 3. The molecule has 0 saturated carbocycles. The second-order valence-corrected chi connectivity index (χ2v) is 3.18. The summed E-state index contributed by atoms with van der Waals surface area (Å²) in [4.78, 5) is 14.8. The van der Waals surface area contributed by atoms with E-state index in [4.69, 9.17) is 0 Å². The van der Waals surface area contributed by atoms with Crippen molar-refractivity contribution in [1.82, 2.24) is 14.8 Å². The fourth-order valence-electron chi connectivity index (χ4n) is 1.55. The number of aryl methyl sites for hydroxylation is 2. The van der Waals surface area contributed by atoms with Gasteiger partial charge in [-0.1, -0.05) is 6.92 Å². The van der Waals surface area contributed by atoms with Crippen LogP contribution in [0.4, 0.5) is 0 Å². The molecule has 0 saturated heterocycles. The molecule has 0 amide bonds. The summed E-state index contributed by atoms with van der Waals surface area (Å²) in [6.07, 6.45) is 3.22. The van der Waals surface area contributed by atoms with Crippen LogP contribution in [0.5, 0.6) is 0 Å². The molecule has 0 N–H and O–H groups in total. The molecule has 0 atom stereocenters. The van der Waals surface area contributed by atoms with Crippen LogP contribution < -0.4 is 0 Å². The maximum absolute atomic E-state index is 10.6. The zero-order valence-corrected chi connectivity index (χ0v) is 8.19. The summed E-state index contributed by atoms with van der Waals surface area (Å²) < 4.78 is 1.74. The van der Waals surface area contributed by atoms with Crippen molar-refractivity contribution in [3.63, 3.8) is 0 Å². The summed E-state index contributed by atoms with van der Waals surface area (Å²) in [5.41, 5.74) is 2.41. The molecule has 0 radical (unpaired) electrons. The molecule has 4 heteroatoms. The first-order valence-corrected chi connectivity index (χ1v) is 4.53. The first-order chi connectivity index (χ1) is 6.76. The molecule has 0 bridgehead atoms. The van der Waals surface area contributed by atoms with E-state index in [0.717, 1.165) is 29.4 Å². The Balaban J connectivity index is 2.77. The van der Waals surface area contributed by atoms with Crippen LogP contribution in [0, 0.1) is 0 Å². The second-order valence-electron chi connectivity index (χ2n) is 3.18. The monoisotopic (exact) mass is 189 g/mol. The van der Waals surface area contributed by atoms with Crippen LogP contribution in [0.1, 0.15) is 23.0 Å². The Hall–Kier alpha value is -1.71. The molecule has 0 aliphatic rings. The molecule has 0 spiro atoms. The molecule has 0 fully saturated rings. The minimum Gasteiger partial charge on any atom is -0.298 e. The standard InChI is InChI=1S/C10H11N3O/c1-3-9-8-4-7(6-14)5-11-10(8)13(2)12-9/h4-6H,3H2,1-2H3. The highest BCUT2D eigenvalue weighted by Gasteiger charge is 2.08. The van der Waals surface area contributed by atoms with Crippen molar-refractivity contribution in [3.05, 3.63) is 23.5 Å². The molecular formula is C10H11N3O. The number of pyridine rings is 1. The van der Waals surface area contributed by atoms with Gasteiger partial charge in [-0.2, -0.15) is 5.10 Å². The third kappa shape index (κ3) is 1.19. The van der Waals surface area contributed by atoms with Crippen molar-refractivity contribution in [2.75, 3.05) is 0 Å². The number of fused-ring (bicyclic) bond motifs is 1. The van der Waals surface area contributed by atoms with Crippen LogP contribution in [0.15, 0.2) is 12.3 Å². The SMILES string of the molecule is CCc1nn(C)c2ncc(C=O)cc12. The van der Waals surface area contributed by atoms with E-state index in [2.05, 4.69) is 10.1 Å². The van der Waals surface area contributed by atoms with Gasteiger partial charge in [0.15, 0.2) is 11.9 Å². The number of carbonyl (C=O) groups is 1. The van der Waals surface area contributed by atoms with E-state index < -0.39 is 0 Å². The molecule has 4 nitrogen and oxygen atoms in total. The van der Waals surface area contributed by atoms with E-state index >= 15 is 0 Å². The first-order valence-electron chi connectivity index (χ1n) is 4.53. The quantitative estimate of drug-likeness (QED) is 0.670. The summed E-state index contributed by atoms with van der Waals surface area (Å²) in [5, 5.41) is 5.29. The molecule has 2 rings (SSSR count). The zero-order chi connectivity index (χ0) is 10.1. The number of carbonyl (C=O) groups excluding carboxylic acids is 1. The van der Waals surface area contributed by atoms with Gasteiger partial charge >= 0.3 is 0 Å². The van der Waals surface area contributed by atoms with Gasteiger partial charge in [0.05, 0.1) is 5.69 Å². The first kappa shape index (κ1) is 8.87. The number of hydrogen-bond donors (Lipinski definition) is 0. The smallest absolute Gasteiger partial charge is 0.157 e. The van der Waals surface area contributed by atoms with Crippen molar-refractivity contribution in [2.45, 2.75) is 13.3 Å². The van der Waals surface area contributed by atoms with Gasteiger partial charge in [0.25, 0.3) is 0 Å². The third-order valence-corrected chi connectivity index (χ3v) is 2.25. The van der Waals surface area contributed by atoms with Crippen molar-refractivity contribution >= 4 is 17.3 Å². The number of aromatic nitrogens is 3. The number of aldehydes is 1. The van der Waals surface area contributed by atoms with Gasteiger partial charge in [-0.3, -0.25) is 9.48 Å². The molecule has 2 aromatic heterocycles. The molecule has 14 heavy (non-hydrogen) atoms. The molecule has 2 aromatic rings. The predicted octanol–water partition coefficient (Wildman–Crippen LogP) is 1.34. The molecule has 0 aliphatic carbocycles. The minimum atomic E-state index is 0.597. The van der Waals surface area contributed by atoms with Crippen molar-refractivity contribution < 1.29 is 4.79 Å². The molecule has 72 valence electrons. The molecule has 0 unspecified atom stereocenters. The lowest BCUT2D eigenvalue weighted by molar-refractivity contribution is 0.112. The Morgan fingerprint density at radius 1 is 1.57 bits per heavy atom. The lowest BCUT2D eigenvalue weighted by atomic mass is 10.2.